The number of aryl methyl sites for hydroxylation is 1. The summed E-state index contributed by atoms with van der Waals surface area (Å²) in [6, 6.07) is 3.66. The van der Waals surface area contributed by atoms with Crippen molar-refractivity contribution in [3.05, 3.63) is 44.7 Å². The van der Waals surface area contributed by atoms with Crippen LogP contribution in [-0.4, -0.2) is 48.7 Å². The molecule has 0 spiro atoms. The Hall–Kier alpha value is -2.72. The molecular weight excluding hydrogens is 436 g/mol. The Morgan fingerprint density at radius 3 is 2.81 bits per heavy atom. The average molecular weight is 461 g/mol. The van der Waals surface area contributed by atoms with Gasteiger partial charge < -0.3 is 10.4 Å². The zero-order valence-corrected chi connectivity index (χ0v) is 19.2. The molecule has 3 heterocycles. The molecule has 8 nitrogen and oxygen atoms in total. The minimum Gasteiger partial charge on any atom is -0.481 e. The summed E-state index contributed by atoms with van der Waals surface area (Å²) in [4.78, 5) is 43.2. The van der Waals surface area contributed by atoms with Gasteiger partial charge in [-0.25, -0.2) is 4.98 Å². The molecule has 2 aromatic heterocycles. The summed E-state index contributed by atoms with van der Waals surface area (Å²) < 4.78 is 1.82. The van der Waals surface area contributed by atoms with Crippen LogP contribution < -0.4 is 10.9 Å². The number of carbonyl (C=O) groups excluding carboxylic acids is 1. The number of pyridine rings is 1. The van der Waals surface area contributed by atoms with E-state index in [1.807, 2.05) is 26.8 Å². The lowest BCUT2D eigenvalue weighted by Gasteiger charge is -2.14. The highest BCUT2D eigenvalue weighted by atomic mass is 32.2. The third-order valence-corrected chi connectivity index (χ3v) is 6.06. The van der Waals surface area contributed by atoms with Gasteiger partial charge in [0, 0.05) is 25.7 Å². The number of thioether (sulfide) groups is 1. The van der Waals surface area contributed by atoms with Crippen molar-refractivity contribution < 1.29 is 14.7 Å². The van der Waals surface area contributed by atoms with Crippen molar-refractivity contribution in [3.8, 4) is 0 Å². The first-order chi connectivity index (χ1) is 14.7. The predicted octanol–water partition coefficient (Wildman–Crippen LogP) is 3.14. The van der Waals surface area contributed by atoms with E-state index in [-0.39, 0.29) is 30.0 Å². The second-order valence-electron chi connectivity index (χ2n) is 7.67. The number of nitrogens with one attached hydrogen (secondary N) is 1. The lowest BCUT2D eigenvalue weighted by atomic mass is 10.2. The second-order valence-corrected chi connectivity index (χ2v) is 9.35. The molecule has 0 unspecified atom stereocenters. The molecule has 2 aromatic rings. The van der Waals surface area contributed by atoms with E-state index < -0.39 is 5.97 Å². The number of carboxylic acids is 1. The lowest BCUT2D eigenvalue weighted by Crippen LogP contribution is -2.29. The fourth-order valence-electron chi connectivity index (χ4n) is 3.09. The summed E-state index contributed by atoms with van der Waals surface area (Å²) in [6.07, 6.45) is 3.44. The number of amides is 1. The number of hydrogen-bond donors (Lipinski definition) is 2. The van der Waals surface area contributed by atoms with E-state index >= 15 is 0 Å². The van der Waals surface area contributed by atoms with Crippen LogP contribution in [0.5, 0.6) is 0 Å². The van der Waals surface area contributed by atoms with Gasteiger partial charge in [0.25, 0.3) is 11.5 Å². The van der Waals surface area contributed by atoms with Crippen LogP contribution in [0.15, 0.2) is 28.0 Å². The van der Waals surface area contributed by atoms with E-state index in [0.29, 0.717) is 39.6 Å². The fraction of sp³-hybridized carbons (Fsp3) is 0.381. The summed E-state index contributed by atoms with van der Waals surface area (Å²) >= 11 is 6.40. The predicted molar refractivity (Wildman–Crippen MR) is 126 cm³/mol. The van der Waals surface area contributed by atoms with Crippen LogP contribution in [0.2, 0.25) is 0 Å². The number of hydrogen-bond acceptors (Lipinski definition) is 7. The highest BCUT2D eigenvalue weighted by molar-refractivity contribution is 8.26. The Kier molecular flexibility index (Phi) is 7.11. The van der Waals surface area contributed by atoms with Crippen molar-refractivity contribution in [2.75, 3.05) is 18.4 Å². The monoisotopic (exact) mass is 460 g/mol. The Morgan fingerprint density at radius 1 is 1.39 bits per heavy atom. The summed E-state index contributed by atoms with van der Waals surface area (Å²) in [6.45, 7) is 6.82. The van der Waals surface area contributed by atoms with E-state index in [1.54, 1.807) is 12.3 Å². The molecule has 0 radical (unpaired) electrons. The van der Waals surface area contributed by atoms with Crippen LogP contribution in [0.4, 0.5) is 5.82 Å². The first-order valence-corrected chi connectivity index (χ1v) is 11.1. The SMILES string of the molecule is Cc1cccn2c(=O)c(/C=C3/SC(=S)N(CCCC(=O)O)C3=O)c(NCC(C)C)nc12. The maximum Gasteiger partial charge on any atom is 0.303 e. The molecule has 10 heteroatoms. The number of thiocarbonyl (C=S) groups is 1. The average Bonchev–Trinajstić information content (AvgIpc) is 2.96. The lowest BCUT2D eigenvalue weighted by molar-refractivity contribution is -0.137. The van der Waals surface area contributed by atoms with Crippen molar-refractivity contribution in [2.24, 2.45) is 5.92 Å². The van der Waals surface area contributed by atoms with E-state index in [4.69, 9.17) is 17.3 Å². The second kappa shape index (κ2) is 9.61. The number of nitrogens with zero attached hydrogens (tertiary/aromatic N) is 3. The molecule has 0 aliphatic carbocycles. The number of aromatic nitrogens is 2. The van der Waals surface area contributed by atoms with Crippen molar-refractivity contribution in [1.29, 1.82) is 0 Å². The first kappa shape index (κ1) is 23.0. The van der Waals surface area contributed by atoms with Crippen LogP contribution in [0.25, 0.3) is 11.7 Å². The van der Waals surface area contributed by atoms with Crippen LogP contribution in [0.3, 0.4) is 0 Å². The molecule has 0 atom stereocenters. The summed E-state index contributed by atoms with van der Waals surface area (Å²) in [5.74, 6) is -0.502. The van der Waals surface area contributed by atoms with Crippen molar-refractivity contribution >= 4 is 57.7 Å². The standard InChI is InChI=1S/C21H24N4O4S2/c1-12(2)11-22-17-14(19(28)24-8-4-6-13(3)18(24)23-17)10-15-20(29)25(21(30)31-15)9-5-7-16(26)27/h4,6,8,10,12,22H,5,7,9,11H2,1-3H3,(H,26,27)/b15-10+. The van der Waals surface area contributed by atoms with Gasteiger partial charge in [0.2, 0.25) is 0 Å². The Labute approximate surface area is 189 Å². The number of rotatable bonds is 8. The van der Waals surface area contributed by atoms with Gasteiger partial charge in [0.15, 0.2) is 0 Å². The van der Waals surface area contributed by atoms with Gasteiger partial charge in [-0.2, -0.15) is 0 Å². The largest absolute Gasteiger partial charge is 0.481 e. The van der Waals surface area contributed by atoms with Crippen LogP contribution in [0.1, 0.15) is 37.8 Å². The van der Waals surface area contributed by atoms with Gasteiger partial charge >= 0.3 is 5.97 Å². The zero-order valence-electron chi connectivity index (χ0n) is 17.5. The summed E-state index contributed by atoms with van der Waals surface area (Å²) in [5.41, 5.74) is 1.42. The highest BCUT2D eigenvalue weighted by Gasteiger charge is 2.32. The van der Waals surface area contributed by atoms with Crippen LogP contribution in [0, 0.1) is 12.8 Å². The van der Waals surface area contributed by atoms with E-state index in [0.717, 1.165) is 17.3 Å². The van der Waals surface area contributed by atoms with Crippen LogP contribution >= 0.6 is 24.0 Å². The molecule has 1 saturated heterocycles. The number of carbonyl (C=O) groups is 2. The molecule has 0 bridgehead atoms. The molecule has 0 aromatic carbocycles. The molecule has 0 saturated carbocycles. The molecule has 1 aliphatic rings. The van der Waals surface area contributed by atoms with E-state index in [1.165, 1.54) is 15.4 Å². The first-order valence-electron chi connectivity index (χ1n) is 9.92. The molecule has 1 fully saturated rings. The zero-order chi connectivity index (χ0) is 22.7. The normalized spacial score (nSPS) is 15.5. The van der Waals surface area contributed by atoms with E-state index in [9.17, 15) is 14.4 Å². The van der Waals surface area contributed by atoms with Crippen molar-refractivity contribution in [3.63, 3.8) is 0 Å². The highest BCUT2D eigenvalue weighted by Crippen LogP contribution is 2.33. The number of aliphatic carboxylic acids is 1. The van der Waals surface area contributed by atoms with Crippen LogP contribution in [-0.2, 0) is 9.59 Å². The smallest absolute Gasteiger partial charge is 0.303 e. The molecule has 2 N–H and O–H groups in total. The third-order valence-electron chi connectivity index (χ3n) is 4.68. The van der Waals surface area contributed by atoms with Gasteiger partial charge in [-0.05, 0) is 37.0 Å². The molecule has 3 rings (SSSR count). The maximum atomic E-state index is 13.3. The Morgan fingerprint density at radius 2 is 2.13 bits per heavy atom. The molecule has 1 aliphatic heterocycles. The summed E-state index contributed by atoms with van der Waals surface area (Å²) in [5, 5.41) is 12.0. The molecule has 31 heavy (non-hydrogen) atoms. The van der Waals surface area contributed by atoms with E-state index in [2.05, 4.69) is 10.3 Å². The van der Waals surface area contributed by atoms with Gasteiger partial charge in [0.1, 0.15) is 15.8 Å². The Balaban J connectivity index is 2.02. The van der Waals surface area contributed by atoms with Gasteiger partial charge in [-0.15, -0.1) is 0 Å². The third kappa shape index (κ3) is 5.13. The topological polar surface area (TPSA) is 104 Å². The fourth-order valence-corrected chi connectivity index (χ4v) is 4.38. The number of carboxylic acid groups (broad SMARTS) is 1. The Bertz CT molecular complexity index is 1140. The maximum absolute atomic E-state index is 13.3. The van der Waals surface area contributed by atoms with Gasteiger partial charge in [-0.1, -0.05) is 43.9 Å². The van der Waals surface area contributed by atoms with Crippen molar-refractivity contribution in [2.45, 2.75) is 33.6 Å². The number of fused-ring (bicyclic) bond motifs is 1. The molecule has 1 amide bonds. The van der Waals surface area contributed by atoms with Gasteiger partial charge in [0.05, 0.1) is 10.5 Å². The van der Waals surface area contributed by atoms with Crippen molar-refractivity contribution in [1.82, 2.24) is 14.3 Å². The quantitative estimate of drug-likeness (QED) is 0.457. The molecule has 164 valence electrons. The minimum atomic E-state index is -0.924. The minimum absolute atomic E-state index is 0.0470. The number of anilines is 1. The molecular formula is C21H24N4O4S2. The summed E-state index contributed by atoms with van der Waals surface area (Å²) in [7, 11) is 0. The van der Waals surface area contributed by atoms with Gasteiger partial charge in [-0.3, -0.25) is 23.7 Å².